The van der Waals surface area contributed by atoms with E-state index in [0.29, 0.717) is 5.56 Å². The maximum absolute atomic E-state index is 10.1. The highest BCUT2D eigenvalue weighted by Crippen LogP contribution is 2.42. The fourth-order valence-electron chi connectivity index (χ4n) is 3.96. The minimum absolute atomic E-state index is 0.713. The standard InChI is InChI=1S/C23H17N3OS/c1-25-19-7-4-3-6-17(19)21-18(14-24)22(20-8-5-13-28-20)26(23(21)25)15-9-11-16(27-2)12-10-15/h3-13H,1-2H3. The Bertz CT molecular complexity index is 1350. The first-order chi connectivity index (χ1) is 13.7. The number of hydrogen-bond acceptors (Lipinski definition) is 3. The number of aromatic nitrogens is 2. The zero-order valence-electron chi connectivity index (χ0n) is 15.5. The number of thiophene rings is 1. The predicted molar refractivity (Wildman–Crippen MR) is 114 cm³/mol. The summed E-state index contributed by atoms with van der Waals surface area (Å²) in [6.07, 6.45) is 0. The van der Waals surface area contributed by atoms with Crippen LogP contribution in [0, 0.1) is 11.3 Å². The van der Waals surface area contributed by atoms with Crippen molar-refractivity contribution in [1.82, 2.24) is 9.13 Å². The highest BCUT2D eigenvalue weighted by Gasteiger charge is 2.25. The molecule has 0 unspecified atom stereocenters. The lowest BCUT2D eigenvalue weighted by Crippen LogP contribution is -2.01. The summed E-state index contributed by atoms with van der Waals surface area (Å²) in [7, 11) is 3.72. The molecule has 0 aliphatic heterocycles. The minimum atomic E-state index is 0.713. The van der Waals surface area contributed by atoms with Crippen LogP contribution in [0.1, 0.15) is 5.56 Å². The van der Waals surface area contributed by atoms with Crippen molar-refractivity contribution in [2.45, 2.75) is 0 Å². The number of para-hydroxylation sites is 1. The maximum Gasteiger partial charge on any atom is 0.127 e. The van der Waals surface area contributed by atoms with Gasteiger partial charge in [-0.1, -0.05) is 24.3 Å². The SMILES string of the molecule is COc1ccc(-n2c(-c3cccs3)c(C#N)c3c4ccccc4n(C)c32)cc1. The molecule has 0 bridgehead atoms. The number of fused-ring (bicyclic) bond motifs is 3. The molecule has 0 saturated heterocycles. The van der Waals surface area contributed by atoms with E-state index in [9.17, 15) is 5.26 Å². The Kier molecular flexibility index (Phi) is 3.75. The molecule has 28 heavy (non-hydrogen) atoms. The molecule has 5 rings (SSSR count). The number of hydrogen-bond donors (Lipinski definition) is 0. The summed E-state index contributed by atoms with van der Waals surface area (Å²) >= 11 is 1.65. The number of nitriles is 1. The zero-order valence-corrected chi connectivity index (χ0v) is 16.3. The number of benzene rings is 2. The van der Waals surface area contributed by atoms with E-state index in [2.05, 4.69) is 40.5 Å². The summed E-state index contributed by atoms with van der Waals surface area (Å²) < 4.78 is 9.70. The van der Waals surface area contributed by atoms with Crippen molar-refractivity contribution in [3.8, 4) is 28.1 Å². The van der Waals surface area contributed by atoms with E-state index in [4.69, 9.17) is 4.74 Å². The molecule has 2 aromatic carbocycles. The summed E-state index contributed by atoms with van der Waals surface area (Å²) in [5.74, 6) is 0.808. The van der Waals surface area contributed by atoms with Crippen LogP contribution in [0.25, 0.3) is 38.2 Å². The van der Waals surface area contributed by atoms with Crippen molar-refractivity contribution in [3.63, 3.8) is 0 Å². The van der Waals surface area contributed by atoms with Gasteiger partial charge in [-0.2, -0.15) is 5.26 Å². The maximum atomic E-state index is 10.1. The van der Waals surface area contributed by atoms with Gasteiger partial charge in [-0.25, -0.2) is 0 Å². The first-order valence-corrected chi connectivity index (χ1v) is 9.82. The average Bonchev–Trinajstić information content (AvgIpc) is 3.44. The van der Waals surface area contributed by atoms with E-state index < -0.39 is 0 Å². The van der Waals surface area contributed by atoms with Gasteiger partial charge in [-0.05, 0) is 41.8 Å². The molecule has 0 saturated carbocycles. The zero-order chi connectivity index (χ0) is 19.3. The third kappa shape index (κ3) is 2.22. The minimum Gasteiger partial charge on any atom is -0.497 e. The van der Waals surface area contributed by atoms with E-state index in [1.807, 2.05) is 47.8 Å². The van der Waals surface area contributed by atoms with E-state index in [-0.39, 0.29) is 0 Å². The third-order valence-electron chi connectivity index (χ3n) is 5.20. The van der Waals surface area contributed by atoms with Crippen LogP contribution >= 0.6 is 11.3 Å². The molecule has 0 aliphatic carbocycles. The van der Waals surface area contributed by atoms with E-state index in [1.54, 1.807) is 18.4 Å². The smallest absolute Gasteiger partial charge is 0.127 e. The first kappa shape index (κ1) is 16.7. The average molecular weight is 383 g/mol. The molecular weight excluding hydrogens is 366 g/mol. The van der Waals surface area contributed by atoms with Crippen molar-refractivity contribution in [2.24, 2.45) is 7.05 Å². The van der Waals surface area contributed by atoms with Crippen LogP contribution < -0.4 is 4.74 Å². The topological polar surface area (TPSA) is 42.9 Å². The molecule has 0 radical (unpaired) electrons. The monoisotopic (exact) mass is 383 g/mol. The molecule has 0 spiro atoms. The molecule has 136 valence electrons. The lowest BCUT2D eigenvalue weighted by molar-refractivity contribution is 0.415. The fourth-order valence-corrected chi connectivity index (χ4v) is 4.73. The Morgan fingerprint density at radius 1 is 1.00 bits per heavy atom. The van der Waals surface area contributed by atoms with Gasteiger partial charge in [0.1, 0.15) is 17.5 Å². The van der Waals surface area contributed by atoms with E-state index in [1.165, 1.54) is 0 Å². The molecule has 0 fully saturated rings. The normalized spacial score (nSPS) is 11.2. The summed E-state index contributed by atoms with van der Waals surface area (Å²) in [4.78, 5) is 1.08. The number of ether oxygens (including phenoxy) is 1. The van der Waals surface area contributed by atoms with Crippen LogP contribution in [0.3, 0.4) is 0 Å². The Morgan fingerprint density at radius 3 is 2.46 bits per heavy atom. The van der Waals surface area contributed by atoms with Crippen LogP contribution in [0.5, 0.6) is 5.75 Å². The van der Waals surface area contributed by atoms with Gasteiger partial charge in [-0.3, -0.25) is 4.57 Å². The summed E-state index contributed by atoms with van der Waals surface area (Å²) in [5, 5.41) is 14.3. The third-order valence-corrected chi connectivity index (χ3v) is 6.07. The molecular formula is C23H17N3OS. The summed E-state index contributed by atoms with van der Waals surface area (Å²) in [6, 6.07) is 22.8. The van der Waals surface area contributed by atoms with Gasteiger partial charge in [0.15, 0.2) is 0 Å². The molecule has 3 aromatic heterocycles. The van der Waals surface area contributed by atoms with E-state index in [0.717, 1.165) is 43.9 Å². The van der Waals surface area contributed by atoms with Crippen molar-refractivity contribution < 1.29 is 4.74 Å². The van der Waals surface area contributed by atoms with Gasteiger partial charge in [0.25, 0.3) is 0 Å². The second kappa shape index (κ2) is 6.29. The van der Waals surface area contributed by atoms with Gasteiger partial charge in [-0.15, -0.1) is 11.3 Å². The van der Waals surface area contributed by atoms with E-state index >= 15 is 0 Å². The van der Waals surface area contributed by atoms with Crippen molar-refractivity contribution in [1.29, 1.82) is 5.26 Å². The van der Waals surface area contributed by atoms with Crippen LogP contribution in [0.2, 0.25) is 0 Å². The summed E-state index contributed by atoms with van der Waals surface area (Å²) in [6.45, 7) is 0. The number of methoxy groups -OCH3 is 1. The van der Waals surface area contributed by atoms with Gasteiger partial charge in [0.2, 0.25) is 0 Å². The van der Waals surface area contributed by atoms with Gasteiger partial charge in [0.05, 0.1) is 28.8 Å². The molecule has 0 amide bonds. The second-order valence-electron chi connectivity index (χ2n) is 6.62. The lowest BCUT2D eigenvalue weighted by atomic mass is 10.1. The Hall–Kier alpha value is -3.49. The quantitative estimate of drug-likeness (QED) is 0.399. The van der Waals surface area contributed by atoms with Crippen LogP contribution in [-0.4, -0.2) is 16.2 Å². The highest BCUT2D eigenvalue weighted by molar-refractivity contribution is 7.13. The molecule has 4 nitrogen and oxygen atoms in total. The molecule has 5 aromatic rings. The number of rotatable bonds is 3. The van der Waals surface area contributed by atoms with Gasteiger partial charge < -0.3 is 9.30 Å². The Balaban J connectivity index is 1.99. The fraction of sp³-hybridized carbons (Fsp3) is 0.0870. The van der Waals surface area contributed by atoms with Crippen LogP contribution in [0.15, 0.2) is 66.0 Å². The molecule has 5 heteroatoms. The number of aryl methyl sites for hydroxylation is 1. The lowest BCUT2D eigenvalue weighted by Gasteiger charge is -2.12. The molecule has 0 aliphatic rings. The van der Waals surface area contributed by atoms with Crippen molar-refractivity contribution >= 4 is 33.3 Å². The second-order valence-corrected chi connectivity index (χ2v) is 7.57. The van der Waals surface area contributed by atoms with Crippen molar-refractivity contribution in [2.75, 3.05) is 7.11 Å². The molecule has 0 N–H and O–H groups in total. The number of nitrogens with zero attached hydrogens (tertiary/aromatic N) is 3. The predicted octanol–water partition coefficient (Wildman–Crippen LogP) is 5.73. The molecule has 3 heterocycles. The van der Waals surface area contributed by atoms with Crippen LogP contribution in [-0.2, 0) is 7.05 Å². The van der Waals surface area contributed by atoms with Gasteiger partial charge >= 0.3 is 0 Å². The first-order valence-electron chi connectivity index (χ1n) is 8.95. The Morgan fingerprint density at radius 2 is 1.79 bits per heavy atom. The van der Waals surface area contributed by atoms with Gasteiger partial charge in [0, 0.05) is 23.5 Å². The van der Waals surface area contributed by atoms with Crippen LogP contribution in [0.4, 0.5) is 0 Å². The molecule has 0 atom stereocenters. The largest absolute Gasteiger partial charge is 0.497 e. The highest BCUT2D eigenvalue weighted by atomic mass is 32.1. The summed E-state index contributed by atoms with van der Waals surface area (Å²) in [5.41, 5.74) is 4.79. The van der Waals surface area contributed by atoms with Crippen molar-refractivity contribution in [3.05, 3.63) is 71.6 Å². The Labute approximate surface area is 166 Å².